The summed E-state index contributed by atoms with van der Waals surface area (Å²) in [7, 11) is 3.41. The molecule has 9 nitrogen and oxygen atoms in total. The predicted octanol–water partition coefficient (Wildman–Crippen LogP) is 4.50. The zero-order valence-electron chi connectivity index (χ0n) is 23.0. The van der Waals surface area contributed by atoms with Crippen LogP contribution in [0.15, 0.2) is 71.7 Å². The number of benzene rings is 1. The third kappa shape index (κ3) is 6.06. The number of allylic oxidation sites excluding steroid dienone is 4. The van der Waals surface area contributed by atoms with Gasteiger partial charge in [-0.05, 0) is 37.1 Å². The Morgan fingerprint density at radius 2 is 2.05 bits per heavy atom. The van der Waals surface area contributed by atoms with E-state index in [1.54, 1.807) is 26.4 Å². The maximum atomic E-state index is 13.6. The van der Waals surface area contributed by atoms with Crippen molar-refractivity contribution in [3.05, 3.63) is 93.4 Å². The number of carbonyl (C=O) groups excluding carboxylic acids is 1. The summed E-state index contributed by atoms with van der Waals surface area (Å²) in [5.41, 5.74) is 3.36. The standard InChI is InChI=1S/C30H35ClN6O3/c1-20-28(22-12-13-27(38)35(2)17-22)34-37(24-10-5-4-6-11-24)29(20)33-30(39)32-26-19-36(14-15-40-3)18-25(26)21-8-7-9-23(31)16-21/h4-10,12-13,16-17,24-26H,11,14-15,18-19H2,1-3H3,(H2,32,33,39)/t24?,25?,26-/m1/s1. The first kappa shape index (κ1) is 27.9. The van der Waals surface area contributed by atoms with E-state index in [-0.39, 0.29) is 29.6 Å². The topological polar surface area (TPSA) is 93.4 Å². The van der Waals surface area contributed by atoms with E-state index < -0.39 is 0 Å². The van der Waals surface area contributed by atoms with Crippen LogP contribution in [0.5, 0.6) is 0 Å². The van der Waals surface area contributed by atoms with E-state index in [2.05, 4.69) is 33.8 Å². The molecule has 1 saturated heterocycles. The van der Waals surface area contributed by atoms with Crippen LogP contribution in [-0.2, 0) is 11.8 Å². The van der Waals surface area contributed by atoms with Crippen molar-refractivity contribution in [3.63, 3.8) is 0 Å². The molecule has 10 heteroatoms. The maximum Gasteiger partial charge on any atom is 0.320 e. The lowest BCUT2D eigenvalue weighted by Gasteiger charge is -2.22. The molecule has 3 aromatic rings. The van der Waals surface area contributed by atoms with Crippen molar-refractivity contribution in [2.24, 2.45) is 7.05 Å². The first-order valence-corrected chi connectivity index (χ1v) is 13.9. The van der Waals surface area contributed by atoms with Gasteiger partial charge in [-0.2, -0.15) is 5.10 Å². The van der Waals surface area contributed by atoms with Crippen LogP contribution in [0.2, 0.25) is 5.02 Å². The molecule has 1 fully saturated rings. The second kappa shape index (κ2) is 12.2. The summed E-state index contributed by atoms with van der Waals surface area (Å²) in [6, 6.07) is 10.7. The lowest BCUT2D eigenvalue weighted by atomic mass is 9.94. The molecular weight excluding hydrogens is 528 g/mol. The van der Waals surface area contributed by atoms with Gasteiger partial charge in [-0.3, -0.25) is 15.0 Å². The Balaban J connectivity index is 1.42. The molecule has 3 atom stereocenters. The van der Waals surface area contributed by atoms with E-state index in [1.807, 2.05) is 42.0 Å². The van der Waals surface area contributed by atoms with Crippen molar-refractivity contribution in [2.45, 2.75) is 31.3 Å². The average Bonchev–Trinajstić information content (AvgIpc) is 3.50. The van der Waals surface area contributed by atoms with Gasteiger partial charge < -0.3 is 14.6 Å². The number of methoxy groups -OCH3 is 1. The molecule has 3 heterocycles. The van der Waals surface area contributed by atoms with Gasteiger partial charge in [0.2, 0.25) is 5.56 Å². The van der Waals surface area contributed by atoms with Gasteiger partial charge in [0.1, 0.15) is 5.82 Å². The highest BCUT2D eigenvalue weighted by Gasteiger charge is 2.35. The largest absolute Gasteiger partial charge is 0.383 e. The van der Waals surface area contributed by atoms with Gasteiger partial charge >= 0.3 is 6.03 Å². The number of nitrogens with zero attached hydrogens (tertiary/aromatic N) is 4. The first-order valence-electron chi connectivity index (χ1n) is 13.5. The number of pyridine rings is 1. The molecule has 2 aromatic heterocycles. The van der Waals surface area contributed by atoms with Crippen LogP contribution in [0.25, 0.3) is 11.3 Å². The molecule has 5 rings (SSSR count). The van der Waals surface area contributed by atoms with Crippen molar-refractivity contribution in [2.75, 3.05) is 38.7 Å². The number of amides is 2. The number of carbonyl (C=O) groups is 1. The number of halogens is 1. The Morgan fingerprint density at radius 1 is 1.20 bits per heavy atom. The SMILES string of the molecule is COCCN1CC(c2cccc(Cl)c2)[C@H](NC(=O)Nc2c(C)c(-c3ccc(=O)n(C)c3)nn2C2C=CC=CC2)C1. The van der Waals surface area contributed by atoms with Gasteiger partial charge in [-0.1, -0.05) is 48.0 Å². The van der Waals surface area contributed by atoms with Crippen LogP contribution < -0.4 is 16.2 Å². The van der Waals surface area contributed by atoms with Crippen molar-refractivity contribution >= 4 is 23.4 Å². The number of anilines is 1. The molecule has 0 saturated carbocycles. The fourth-order valence-corrected chi connectivity index (χ4v) is 5.69. The Hall–Kier alpha value is -3.66. The fourth-order valence-electron chi connectivity index (χ4n) is 5.49. The summed E-state index contributed by atoms with van der Waals surface area (Å²) >= 11 is 6.31. The quantitative estimate of drug-likeness (QED) is 0.421. The Morgan fingerprint density at radius 3 is 2.77 bits per heavy atom. The Bertz CT molecular complexity index is 1490. The minimum Gasteiger partial charge on any atom is -0.383 e. The zero-order valence-corrected chi connectivity index (χ0v) is 23.8. The molecule has 2 aliphatic rings. The van der Waals surface area contributed by atoms with Gasteiger partial charge in [0.25, 0.3) is 0 Å². The molecule has 1 aromatic carbocycles. The molecule has 0 bridgehead atoms. The minimum absolute atomic E-state index is 0.0458. The normalized spacial score (nSPS) is 20.6. The minimum atomic E-state index is -0.294. The number of nitrogens with one attached hydrogen (secondary N) is 2. The first-order chi connectivity index (χ1) is 19.3. The summed E-state index contributed by atoms with van der Waals surface area (Å²) in [5.74, 6) is 0.708. The summed E-state index contributed by atoms with van der Waals surface area (Å²) in [5, 5.41) is 11.9. The highest BCUT2D eigenvalue weighted by Crippen LogP contribution is 2.33. The van der Waals surface area contributed by atoms with Crippen molar-refractivity contribution in [3.8, 4) is 11.3 Å². The number of hydrogen-bond donors (Lipinski definition) is 2. The Labute approximate surface area is 239 Å². The number of hydrogen-bond acceptors (Lipinski definition) is 5. The lowest BCUT2D eigenvalue weighted by molar-refractivity contribution is 0.159. The van der Waals surface area contributed by atoms with Crippen LogP contribution in [0, 0.1) is 6.92 Å². The summed E-state index contributed by atoms with van der Waals surface area (Å²) in [6.07, 6.45) is 10.7. The smallest absolute Gasteiger partial charge is 0.320 e. The van der Waals surface area contributed by atoms with Crippen LogP contribution in [0.1, 0.15) is 29.5 Å². The van der Waals surface area contributed by atoms with Crippen molar-refractivity contribution in [1.82, 2.24) is 24.6 Å². The Kier molecular flexibility index (Phi) is 8.54. The lowest BCUT2D eigenvalue weighted by Crippen LogP contribution is -2.42. The molecule has 0 spiro atoms. The monoisotopic (exact) mass is 562 g/mol. The molecule has 0 radical (unpaired) electrons. The van der Waals surface area contributed by atoms with E-state index in [0.717, 1.165) is 41.9 Å². The van der Waals surface area contributed by atoms with Crippen molar-refractivity contribution < 1.29 is 9.53 Å². The zero-order chi connectivity index (χ0) is 28.2. The van der Waals surface area contributed by atoms with Crippen molar-refractivity contribution in [1.29, 1.82) is 0 Å². The van der Waals surface area contributed by atoms with Gasteiger partial charge in [-0.15, -0.1) is 0 Å². The molecule has 1 aliphatic carbocycles. The molecule has 2 N–H and O–H groups in total. The van der Waals surface area contributed by atoms with Gasteiger partial charge in [-0.25, -0.2) is 9.48 Å². The summed E-state index contributed by atoms with van der Waals surface area (Å²) < 4.78 is 8.69. The van der Waals surface area contributed by atoms with E-state index in [9.17, 15) is 9.59 Å². The van der Waals surface area contributed by atoms with Crippen LogP contribution >= 0.6 is 11.6 Å². The highest BCUT2D eigenvalue weighted by molar-refractivity contribution is 6.30. The second-order valence-electron chi connectivity index (χ2n) is 10.4. The fraction of sp³-hybridized carbons (Fsp3) is 0.367. The molecule has 2 unspecified atom stereocenters. The van der Waals surface area contributed by atoms with Crippen LogP contribution in [0.4, 0.5) is 10.6 Å². The van der Waals surface area contributed by atoms with E-state index >= 15 is 0 Å². The van der Waals surface area contributed by atoms with E-state index in [0.29, 0.717) is 24.0 Å². The van der Waals surface area contributed by atoms with Crippen LogP contribution in [-0.4, -0.2) is 64.7 Å². The van der Waals surface area contributed by atoms with E-state index in [4.69, 9.17) is 21.4 Å². The molecule has 40 heavy (non-hydrogen) atoms. The number of aryl methyl sites for hydroxylation is 1. The summed E-state index contributed by atoms with van der Waals surface area (Å²) in [4.78, 5) is 27.8. The number of urea groups is 1. The number of rotatable bonds is 8. The molecule has 210 valence electrons. The number of aromatic nitrogens is 3. The molecule has 2 amide bonds. The third-order valence-electron chi connectivity index (χ3n) is 7.61. The molecular formula is C30H35ClN6O3. The van der Waals surface area contributed by atoms with E-state index in [1.165, 1.54) is 10.6 Å². The molecule has 1 aliphatic heterocycles. The number of likely N-dealkylation sites (tertiary alicyclic amines) is 1. The second-order valence-corrected chi connectivity index (χ2v) is 10.8. The van der Waals surface area contributed by atoms with Gasteiger partial charge in [0, 0.05) is 68.1 Å². The third-order valence-corrected chi connectivity index (χ3v) is 7.85. The maximum absolute atomic E-state index is 13.6. The van der Waals surface area contributed by atoms with Crippen LogP contribution in [0.3, 0.4) is 0 Å². The highest BCUT2D eigenvalue weighted by atomic mass is 35.5. The van der Waals surface area contributed by atoms with Gasteiger partial charge in [0.15, 0.2) is 0 Å². The number of ether oxygens (including phenoxy) is 1. The predicted molar refractivity (Wildman–Crippen MR) is 158 cm³/mol. The van der Waals surface area contributed by atoms with Gasteiger partial charge in [0.05, 0.1) is 24.4 Å². The average molecular weight is 563 g/mol. The summed E-state index contributed by atoms with van der Waals surface area (Å²) in [6.45, 7) is 4.84.